The smallest absolute Gasteiger partial charge is 0.231 e. The third-order valence-corrected chi connectivity index (χ3v) is 3.56. The highest BCUT2D eigenvalue weighted by atomic mass is 35.5. The number of halogens is 2. The van der Waals surface area contributed by atoms with Crippen LogP contribution >= 0.6 is 23.2 Å². The van der Waals surface area contributed by atoms with Crippen molar-refractivity contribution in [3.8, 4) is 0 Å². The lowest BCUT2D eigenvalue weighted by Gasteiger charge is -2.14. The van der Waals surface area contributed by atoms with Crippen LogP contribution < -0.4 is 11.1 Å². The van der Waals surface area contributed by atoms with E-state index in [9.17, 15) is 4.79 Å². The van der Waals surface area contributed by atoms with Gasteiger partial charge in [-0.25, -0.2) is 0 Å². The molecule has 0 aliphatic heterocycles. The van der Waals surface area contributed by atoms with E-state index in [-0.39, 0.29) is 5.91 Å². The van der Waals surface area contributed by atoms with Gasteiger partial charge in [0.15, 0.2) is 0 Å². The maximum absolute atomic E-state index is 11.9. The monoisotopic (exact) mass is 258 g/mol. The zero-order chi connectivity index (χ0) is 11.8. The third-order valence-electron chi connectivity index (χ3n) is 2.93. The van der Waals surface area contributed by atoms with E-state index in [0.717, 1.165) is 12.8 Å². The highest BCUT2D eigenvalue weighted by Crippen LogP contribution is 2.46. The molecule has 0 heterocycles. The van der Waals surface area contributed by atoms with Gasteiger partial charge in [0, 0.05) is 6.54 Å². The van der Waals surface area contributed by atoms with Gasteiger partial charge < -0.3 is 11.1 Å². The average Bonchev–Trinajstić information content (AvgIpc) is 3.04. The lowest BCUT2D eigenvalue weighted by Crippen LogP contribution is -2.31. The Morgan fingerprint density at radius 2 is 1.94 bits per heavy atom. The van der Waals surface area contributed by atoms with E-state index in [1.807, 2.05) is 0 Å². The summed E-state index contributed by atoms with van der Waals surface area (Å²) in [5, 5.41) is 3.63. The van der Waals surface area contributed by atoms with Gasteiger partial charge in [-0.3, -0.25) is 4.79 Å². The van der Waals surface area contributed by atoms with Crippen LogP contribution in [0.2, 0.25) is 10.0 Å². The average molecular weight is 259 g/mol. The normalized spacial score (nSPS) is 16.9. The number of hydrogen-bond acceptors (Lipinski definition) is 2. The van der Waals surface area contributed by atoms with Crippen molar-refractivity contribution < 1.29 is 4.79 Å². The fourth-order valence-electron chi connectivity index (χ4n) is 1.54. The van der Waals surface area contributed by atoms with E-state index in [4.69, 9.17) is 28.9 Å². The van der Waals surface area contributed by atoms with Crippen molar-refractivity contribution in [2.24, 2.45) is 11.1 Å². The van der Waals surface area contributed by atoms with Crippen molar-refractivity contribution in [2.45, 2.75) is 12.8 Å². The van der Waals surface area contributed by atoms with Gasteiger partial charge in [0.05, 0.1) is 21.1 Å². The summed E-state index contributed by atoms with van der Waals surface area (Å²) in [6.07, 6.45) is 1.66. The van der Waals surface area contributed by atoms with Gasteiger partial charge in [-0.1, -0.05) is 29.3 Å². The van der Waals surface area contributed by atoms with Crippen molar-refractivity contribution in [1.82, 2.24) is 0 Å². The molecule has 86 valence electrons. The highest BCUT2D eigenvalue weighted by molar-refractivity contribution is 6.39. The first-order chi connectivity index (χ1) is 7.59. The molecule has 16 heavy (non-hydrogen) atoms. The van der Waals surface area contributed by atoms with E-state index >= 15 is 0 Å². The van der Waals surface area contributed by atoms with Gasteiger partial charge in [-0.2, -0.15) is 0 Å². The molecule has 0 saturated heterocycles. The Balaban J connectivity index is 2.18. The maximum Gasteiger partial charge on any atom is 0.231 e. The molecule has 1 aliphatic rings. The Kier molecular flexibility index (Phi) is 3.10. The summed E-state index contributed by atoms with van der Waals surface area (Å²) in [4.78, 5) is 11.9. The molecule has 0 bridgehead atoms. The zero-order valence-corrected chi connectivity index (χ0v) is 10.1. The second-order valence-corrected chi connectivity index (χ2v) is 4.85. The topological polar surface area (TPSA) is 55.1 Å². The SMILES string of the molecule is NCC1(C(=O)Nc2c(Cl)cccc2Cl)CC1. The quantitative estimate of drug-likeness (QED) is 0.876. The predicted octanol–water partition coefficient (Wildman–Crippen LogP) is 2.67. The molecule has 0 unspecified atom stereocenters. The van der Waals surface area contributed by atoms with Crippen LogP contribution in [0.25, 0.3) is 0 Å². The van der Waals surface area contributed by atoms with Crippen LogP contribution in [0.5, 0.6) is 0 Å². The lowest BCUT2D eigenvalue weighted by atomic mass is 10.1. The molecule has 1 amide bonds. The molecule has 1 aliphatic carbocycles. The minimum atomic E-state index is -0.400. The standard InChI is InChI=1S/C11H12Cl2N2O/c12-7-2-1-3-8(13)9(7)15-10(16)11(6-14)4-5-11/h1-3H,4-6,14H2,(H,15,16). The first kappa shape index (κ1) is 11.7. The van der Waals surface area contributed by atoms with E-state index in [1.165, 1.54) is 0 Å². The van der Waals surface area contributed by atoms with Crippen LogP contribution in [0, 0.1) is 5.41 Å². The number of amides is 1. The summed E-state index contributed by atoms with van der Waals surface area (Å²) < 4.78 is 0. The molecule has 0 spiro atoms. The summed E-state index contributed by atoms with van der Waals surface area (Å²) in [7, 11) is 0. The fourth-order valence-corrected chi connectivity index (χ4v) is 2.03. The zero-order valence-electron chi connectivity index (χ0n) is 8.59. The minimum absolute atomic E-state index is 0.0926. The number of para-hydroxylation sites is 1. The molecule has 5 heteroatoms. The molecule has 0 atom stereocenters. The number of anilines is 1. The maximum atomic E-state index is 11.9. The molecular formula is C11H12Cl2N2O. The lowest BCUT2D eigenvalue weighted by molar-refractivity contribution is -0.120. The first-order valence-electron chi connectivity index (χ1n) is 5.05. The number of benzene rings is 1. The van der Waals surface area contributed by atoms with Crippen molar-refractivity contribution in [3.63, 3.8) is 0 Å². The summed E-state index contributed by atoms with van der Waals surface area (Å²) in [5.74, 6) is -0.0926. The van der Waals surface area contributed by atoms with Gasteiger partial charge in [-0.05, 0) is 25.0 Å². The largest absolute Gasteiger partial charge is 0.329 e. The van der Waals surface area contributed by atoms with Gasteiger partial charge in [0.2, 0.25) is 5.91 Å². The molecule has 1 aromatic carbocycles. The number of hydrogen-bond donors (Lipinski definition) is 2. The van der Waals surface area contributed by atoms with Gasteiger partial charge in [-0.15, -0.1) is 0 Å². The number of rotatable bonds is 3. The molecule has 1 saturated carbocycles. The molecule has 3 nitrogen and oxygen atoms in total. The molecular weight excluding hydrogens is 247 g/mol. The molecule has 1 aromatic rings. The van der Waals surface area contributed by atoms with Gasteiger partial charge in [0.25, 0.3) is 0 Å². The number of carbonyl (C=O) groups is 1. The van der Waals surface area contributed by atoms with Crippen molar-refractivity contribution in [1.29, 1.82) is 0 Å². The Morgan fingerprint density at radius 3 is 2.38 bits per heavy atom. The van der Waals surface area contributed by atoms with E-state index in [1.54, 1.807) is 18.2 Å². The number of carbonyl (C=O) groups excluding carboxylic acids is 1. The molecule has 1 fully saturated rings. The van der Waals surface area contributed by atoms with Crippen LogP contribution in [-0.4, -0.2) is 12.5 Å². The van der Waals surface area contributed by atoms with Crippen molar-refractivity contribution in [2.75, 3.05) is 11.9 Å². The van der Waals surface area contributed by atoms with Gasteiger partial charge in [0.1, 0.15) is 0 Å². The molecule has 0 aromatic heterocycles. The Labute approximate surface area is 104 Å². The van der Waals surface area contributed by atoms with Crippen LogP contribution in [-0.2, 0) is 4.79 Å². The second kappa shape index (κ2) is 4.24. The number of nitrogens with two attached hydrogens (primary N) is 1. The number of nitrogens with one attached hydrogen (secondary N) is 1. The minimum Gasteiger partial charge on any atom is -0.329 e. The van der Waals surface area contributed by atoms with E-state index in [2.05, 4.69) is 5.32 Å². The Hall–Kier alpha value is -0.770. The van der Waals surface area contributed by atoms with Crippen LogP contribution in [0.15, 0.2) is 18.2 Å². The summed E-state index contributed by atoms with van der Waals surface area (Å²) in [6, 6.07) is 5.10. The van der Waals surface area contributed by atoms with Crippen molar-refractivity contribution >= 4 is 34.8 Å². The van der Waals surface area contributed by atoms with Crippen LogP contribution in [0.4, 0.5) is 5.69 Å². The highest BCUT2D eigenvalue weighted by Gasteiger charge is 2.48. The predicted molar refractivity (Wildman–Crippen MR) is 65.8 cm³/mol. The second-order valence-electron chi connectivity index (χ2n) is 4.04. The Bertz CT molecular complexity index is 410. The van der Waals surface area contributed by atoms with Crippen LogP contribution in [0.3, 0.4) is 0 Å². The van der Waals surface area contributed by atoms with E-state index in [0.29, 0.717) is 22.3 Å². The molecule has 2 rings (SSSR count). The first-order valence-corrected chi connectivity index (χ1v) is 5.80. The van der Waals surface area contributed by atoms with Gasteiger partial charge >= 0.3 is 0 Å². The molecule has 0 radical (unpaired) electrons. The fraction of sp³-hybridized carbons (Fsp3) is 0.364. The summed E-state index contributed by atoms with van der Waals surface area (Å²) in [5.41, 5.74) is 5.64. The van der Waals surface area contributed by atoms with E-state index < -0.39 is 5.41 Å². The third kappa shape index (κ3) is 2.03. The summed E-state index contributed by atoms with van der Waals surface area (Å²) >= 11 is 11.9. The van der Waals surface area contributed by atoms with Crippen LogP contribution in [0.1, 0.15) is 12.8 Å². The summed E-state index contributed by atoms with van der Waals surface area (Å²) in [6.45, 7) is 0.362. The molecule has 3 N–H and O–H groups in total. The van der Waals surface area contributed by atoms with Crippen molar-refractivity contribution in [3.05, 3.63) is 28.2 Å². The Morgan fingerprint density at radius 1 is 1.38 bits per heavy atom.